The van der Waals surface area contributed by atoms with Gasteiger partial charge in [0.05, 0.1) is 23.0 Å². The average Bonchev–Trinajstić information content (AvgIpc) is 3.61. The summed E-state index contributed by atoms with van der Waals surface area (Å²) in [6, 6.07) is 0. The van der Waals surface area contributed by atoms with Gasteiger partial charge in [0.15, 0.2) is 11.4 Å². The Bertz CT molecular complexity index is 1040. The number of aryl methyl sites for hydroxylation is 2. The highest BCUT2D eigenvalue weighted by Gasteiger charge is 2.17. The number of halogens is 2. The lowest BCUT2D eigenvalue weighted by Gasteiger charge is -2.05. The minimum atomic E-state index is -0.113. The molecule has 6 nitrogen and oxygen atoms in total. The summed E-state index contributed by atoms with van der Waals surface area (Å²) < 4.78 is 15.8. The second kappa shape index (κ2) is 33.2. The van der Waals surface area contributed by atoms with Crippen LogP contribution in [-0.4, -0.2) is 25.2 Å². The lowest BCUT2D eigenvalue weighted by Crippen LogP contribution is -3.00. The lowest BCUT2D eigenvalue weighted by molar-refractivity contribution is -0.698. The number of ether oxygens (including phenoxy) is 2. The van der Waals surface area contributed by atoms with Gasteiger partial charge in [-0.15, -0.1) is 0 Å². The molecule has 2 aromatic heterocycles. The Kier molecular flexibility index (Phi) is 33.0. The molecule has 50 heavy (non-hydrogen) atoms. The van der Waals surface area contributed by atoms with E-state index in [0.717, 1.165) is 51.6 Å². The molecule has 0 radical (unpaired) electrons. The standard InChI is InChI=1S/C40H70N2O4S2.2HI/c1-5-7-9-11-13-15-19-23-29-41-33-47-37(35(41)3)27-31-45-39(43)25-21-17-18-22-26-40(44)46-32-28-38-36(4)42(34-48-38)30-24-20-16-14-12-10-8-6-2;;/h33-34H,5-32H2,1-4H3;2*1H/q+2;;/p-2. The summed E-state index contributed by atoms with van der Waals surface area (Å²) in [6.45, 7) is 12.0. The number of nitrogens with zero attached hydrogens (tertiary/aromatic N) is 2. The first-order valence-electron chi connectivity index (χ1n) is 19.7. The van der Waals surface area contributed by atoms with Crippen LogP contribution in [0.1, 0.15) is 176 Å². The van der Waals surface area contributed by atoms with Crippen molar-refractivity contribution in [3.63, 3.8) is 0 Å². The molecular formula is C40H70I2N2O4S2. The molecule has 2 heterocycles. The summed E-state index contributed by atoms with van der Waals surface area (Å²) in [6.07, 6.45) is 27.4. The van der Waals surface area contributed by atoms with E-state index >= 15 is 0 Å². The van der Waals surface area contributed by atoms with E-state index in [9.17, 15) is 9.59 Å². The van der Waals surface area contributed by atoms with E-state index in [-0.39, 0.29) is 59.9 Å². The van der Waals surface area contributed by atoms with Crippen molar-refractivity contribution in [3.8, 4) is 0 Å². The zero-order chi connectivity index (χ0) is 34.7. The predicted molar refractivity (Wildman–Crippen MR) is 201 cm³/mol. The molecule has 0 bridgehead atoms. The summed E-state index contributed by atoms with van der Waals surface area (Å²) in [5.74, 6) is -0.225. The van der Waals surface area contributed by atoms with Crippen LogP contribution in [0.2, 0.25) is 0 Å². The van der Waals surface area contributed by atoms with Gasteiger partial charge in [0.1, 0.15) is 13.1 Å². The van der Waals surface area contributed by atoms with Crippen LogP contribution in [0.25, 0.3) is 0 Å². The van der Waals surface area contributed by atoms with Gasteiger partial charge in [-0.25, -0.2) is 0 Å². The zero-order valence-corrected chi connectivity index (χ0v) is 38.0. The number of aromatic nitrogens is 2. The third-order valence-corrected chi connectivity index (χ3v) is 11.8. The molecule has 0 atom stereocenters. The Morgan fingerprint density at radius 3 is 1.20 bits per heavy atom. The van der Waals surface area contributed by atoms with Gasteiger partial charge in [0, 0.05) is 52.4 Å². The fourth-order valence-electron chi connectivity index (χ4n) is 6.21. The van der Waals surface area contributed by atoms with Crippen LogP contribution >= 0.6 is 22.7 Å². The zero-order valence-electron chi connectivity index (χ0n) is 32.1. The number of hydrogen-bond acceptors (Lipinski definition) is 6. The Morgan fingerprint density at radius 2 is 0.840 bits per heavy atom. The van der Waals surface area contributed by atoms with Crippen LogP contribution in [0.15, 0.2) is 11.0 Å². The van der Waals surface area contributed by atoms with Gasteiger partial charge in [-0.3, -0.25) is 9.59 Å². The molecule has 290 valence electrons. The minimum Gasteiger partial charge on any atom is -1.00 e. The fraction of sp³-hybridized carbons (Fsp3) is 0.800. The smallest absolute Gasteiger partial charge is 0.305 e. The quantitative estimate of drug-likeness (QED) is 0.0484. The van der Waals surface area contributed by atoms with Crippen molar-refractivity contribution in [2.24, 2.45) is 0 Å². The molecule has 0 unspecified atom stereocenters. The Hall–Kier alpha value is -0.340. The van der Waals surface area contributed by atoms with Crippen LogP contribution in [0, 0.1) is 13.8 Å². The maximum Gasteiger partial charge on any atom is 0.305 e. The molecule has 10 heteroatoms. The minimum absolute atomic E-state index is 0. The van der Waals surface area contributed by atoms with E-state index in [1.165, 1.54) is 124 Å². The highest BCUT2D eigenvalue weighted by molar-refractivity contribution is 7.09. The van der Waals surface area contributed by atoms with Crippen molar-refractivity contribution in [1.29, 1.82) is 0 Å². The van der Waals surface area contributed by atoms with E-state index in [1.807, 2.05) is 0 Å². The number of unbranched alkanes of at least 4 members (excludes halogenated alkanes) is 17. The van der Waals surface area contributed by atoms with E-state index < -0.39 is 0 Å². The van der Waals surface area contributed by atoms with Gasteiger partial charge in [-0.2, -0.15) is 9.13 Å². The molecule has 2 aromatic rings. The monoisotopic (exact) mass is 960 g/mol. The second-order valence-electron chi connectivity index (χ2n) is 13.7. The molecule has 0 aliphatic heterocycles. The molecule has 0 N–H and O–H groups in total. The van der Waals surface area contributed by atoms with Crippen molar-refractivity contribution >= 4 is 34.6 Å². The molecule has 0 aromatic carbocycles. The summed E-state index contributed by atoms with van der Waals surface area (Å²) in [5.41, 5.74) is 7.08. The normalized spacial score (nSPS) is 10.9. The molecule has 2 rings (SSSR count). The number of rotatable bonds is 31. The maximum absolute atomic E-state index is 12.2. The summed E-state index contributed by atoms with van der Waals surface area (Å²) in [7, 11) is 0. The van der Waals surface area contributed by atoms with Crippen LogP contribution < -0.4 is 57.1 Å². The van der Waals surface area contributed by atoms with Gasteiger partial charge >= 0.3 is 11.9 Å². The van der Waals surface area contributed by atoms with Crippen LogP contribution in [0.5, 0.6) is 0 Å². The summed E-state index contributed by atoms with van der Waals surface area (Å²) in [4.78, 5) is 27.1. The molecule has 0 saturated carbocycles. The van der Waals surface area contributed by atoms with Gasteiger partial charge in [-0.1, -0.05) is 126 Å². The van der Waals surface area contributed by atoms with Gasteiger partial charge in [0.2, 0.25) is 11.0 Å². The number of carbonyl (C=O) groups excluding carboxylic acids is 2. The van der Waals surface area contributed by atoms with E-state index in [2.05, 4.69) is 47.9 Å². The van der Waals surface area contributed by atoms with Crippen LogP contribution in [0.4, 0.5) is 0 Å². The highest BCUT2D eigenvalue weighted by Crippen LogP contribution is 2.16. The van der Waals surface area contributed by atoms with Gasteiger partial charge in [0.25, 0.3) is 0 Å². The molecule has 0 saturated heterocycles. The first kappa shape index (κ1) is 49.7. The Morgan fingerprint density at radius 1 is 0.520 bits per heavy atom. The molecule has 0 aliphatic carbocycles. The Balaban J connectivity index is 0.0000120. The summed E-state index contributed by atoms with van der Waals surface area (Å²) in [5, 5.41) is 0. The van der Waals surface area contributed by atoms with E-state index in [0.29, 0.717) is 26.1 Å². The largest absolute Gasteiger partial charge is 1.00 e. The van der Waals surface area contributed by atoms with Gasteiger partial charge < -0.3 is 57.4 Å². The molecular weight excluding hydrogens is 890 g/mol. The first-order chi connectivity index (χ1) is 23.5. The van der Waals surface area contributed by atoms with Crippen molar-refractivity contribution < 1.29 is 76.2 Å². The van der Waals surface area contributed by atoms with Gasteiger partial charge in [-0.05, 0) is 25.7 Å². The van der Waals surface area contributed by atoms with Crippen LogP contribution in [0.3, 0.4) is 0 Å². The van der Waals surface area contributed by atoms with Crippen LogP contribution in [-0.2, 0) is 45.0 Å². The summed E-state index contributed by atoms with van der Waals surface area (Å²) >= 11 is 3.56. The number of hydrogen-bond donors (Lipinski definition) is 0. The van der Waals surface area contributed by atoms with Crippen molar-refractivity contribution in [3.05, 3.63) is 32.2 Å². The van der Waals surface area contributed by atoms with Crippen molar-refractivity contribution in [2.45, 2.75) is 195 Å². The molecule has 0 aliphatic rings. The topological polar surface area (TPSA) is 60.4 Å². The fourth-order valence-corrected chi connectivity index (χ4v) is 8.22. The SMILES string of the molecule is CCCCCCCCCC[n+]1csc(CCOC(=O)CCCCCCC(=O)OCCc2sc[n+](CCCCCCCCCC)c2C)c1C.[I-].[I-]. The molecule has 0 fully saturated rings. The highest BCUT2D eigenvalue weighted by atomic mass is 127. The number of thiazole rings is 2. The maximum atomic E-state index is 12.2. The van der Waals surface area contributed by atoms with E-state index in [1.54, 1.807) is 22.7 Å². The van der Waals surface area contributed by atoms with Crippen molar-refractivity contribution in [2.75, 3.05) is 13.2 Å². The lowest BCUT2D eigenvalue weighted by atomic mass is 10.1. The third kappa shape index (κ3) is 23.4. The number of esters is 2. The van der Waals surface area contributed by atoms with Crippen molar-refractivity contribution in [1.82, 2.24) is 0 Å². The Labute approximate surface area is 348 Å². The third-order valence-electron chi connectivity index (χ3n) is 9.51. The predicted octanol–water partition coefficient (Wildman–Crippen LogP) is 4.50. The average molecular weight is 961 g/mol. The second-order valence-corrected chi connectivity index (χ2v) is 15.5. The van der Waals surface area contributed by atoms with E-state index in [4.69, 9.17) is 9.47 Å². The first-order valence-corrected chi connectivity index (χ1v) is 21.5. The molecule has 0 spiro atoms. The number of carbonyl (C=O) groups is 2. The molecule has 0 amide bonds.